The first-order valence-corrected chi connectivity index (χ1v) is 7.19. The molecule has 0 atom stereocenters. The average molecular weight is 332 g/mol. The monoisotopic (exact) mass is 332 g/mol. The Morgan fingerprint density at radius 2 is 1.95 bits per heavy atom. The van der Waals surface area contributed by atoms with E-state index in [1.54, 1.807) is 12.3 Å². The van der Waals surface area contributed by atoms with Crippen LogP contribution in [0.15, 0.2) is 41.9 Å². The highest BCUT2D eigenvalue weighted by Crippen LogP contribution is 2.24. The Morgan fingerprint density at radius 3 is 2.64 bits per heavy atom. The van der Waals surface area contributed by atoms with Gasteiger partial charge in [-0.15, -0.1) is 13.2 Å². The van der Waals surface area contributed by atoms with Crippen molar-refractivity contribution in [3.8, 4) is 0 Å². The number of hydrogen-bond donors (Lipinski definition) is 1. The molecule has 0 unspecified atom stereocenters. The van der Waals surface area contributed by atoms with Gasteiger partial charge in [0.25, 0.3) is 10.0 Å². The second-order valence-electron chi connectivity index (χ2n) is 4.14. The second-order valence-corrected chi connectivity index (χ2v) is 5.82. The van der Waals surface area contributed by atoms with Gasteiger partial charge in [0, 0.05) is 12.4 Å². The molecule has 0 aliphatic carbocycles. The van der Waals surface area contributed by atoms with Crippen molar-refractivity contribution in [2.75, 3.05) is 4.72 Å². The highest BCUT2D eigenvalue weighted by Gasteiger charge is 2.33. The van der Waals surface area contributed by atoms with E-state index in [1.807, 2.05) is 0 Å². The summed E-state index contributed by atoms with van der Waals surface area (Å²) in [4.78, 5) is 3.31. The molecule has 0 aromatic carbocycles. The summed E-state index contributed by atoms with van der Waals surface area (Å²) >= 11 is 0. The Morgan fingerprint density at radius 1 is 1.18 bits per heavy atom. The van der Waals surface area contributed by atoms with E-state index in [2.05, 4.69) is 19.9 Å². The molecule has 116 valence electrons. The fourth-order valence-electron chi connectivity index (χ4n) is 1.69. The SMILES string of the molecule is O=S(=O)(Nc1cnn2cccnc12)c1cnn(C(F)(F)F)c1. The molecule has 0 amide bonds. The second kappa shape index (κ2) is 4.69. The van der Waals surface area contributed by atoms with E-state index in [1.165, 1.54) is 16.9 Å². The number of halogens is 3. The van der Waals surface area contributed by atoms with Gasteiger partial charge in [-0.25, -0.2) is 17.9 Å². The summed E-state index contributed by atoms with van der Waals surface area (Å²) in [6, 6.07) is 1.59. The van der Waals surface area contributed by atoms with Gasteiger partial charge in [0.2, 0.25) is 0 Å². The Balaban J connectivity index is 1.95. The van der Waals surface area contributed by atoms with Crippen molar-refractivity contribution in [3.63, 3.8) is 0 Å². The summed E-state index contributed by atoms with van der Waals surface area (Å²) in [7, 11) is -4.24. The molecule has 8 nitrogen and oxygen atoms in total. The largest absolute Gasteiger partial charge is 0.504 e. The van der Waals surface area contributed by atoms with Crippen molar-refractivity contribution in [1.82, 2.24) is 24.4 Å². The predicted molar refractivity (Wildman–Crippen MR) is 67.3 cm³/mol. The van der Waals surface area contributed by atoms with Crippen LogP contribution in [0.25, 0.3) is 5.65 Å². The molecule has 0 saturated heterocycles. The topological polar surface area (TPSA) is 94.2 Å². The van der Waals surface area contributed by atoms with Gasteiger partial charge in [0.15, 0.2) is 5.65 Å². The molecule has 3 aromatic rings. The lowest BCUT2D eigenvalue weighted by atomic mass is 10.5. The molecule has 1 N–H and O–H groups in total. The molecule has 0 spiro atoms. The quantitative estimate of drug-likeness (QED) is 0.778. The Hall–Kier alpha value is -2.63. The van der Waals surface area contributed by atoms with Crippen molar-refractivity contribution < 1.29 is 21.6 Å². The Kier molecular flexibility index (Phi) is 3.05. The summed E-state index contributed by atoms with van der Waals surface area (Å²) in [6.07, 6.45) is 0.364. The molecule has 12 heteroatoms. The summed E-state index contributed by atoms with van der Waals surface area (Å²) in [5, 5.41) is 6.85. The summed E-state index contributed by atoms with van der Waals surface area (Å²) < 4.78 is 64.5. The predicted octanol–water partition coefficient (Wildman–Crippen LogP) is 1.20. The van der Waals surface area contributed by atoms with Crippen LogP contribution in [0, 0.1) is 0 Å². The van der Waals surface area contributed by atoms with Gasteiger partial charge in [-0.3, -0.25) is 4.72 Å². The van der Waals surface area contributed by atoms with E-state index in [0.717, 1.165) is 0 Å². The fraction of sp³-hybridized carbons (Fsp3) is 0.100. The van der Waals surface area contributed by atoms with Crippen molar-refractivity contribution in [2.45, 2.75) is 11.2 Å². The molecule has 0 fully saturated rings. The first kappa shape index (κ1) is 14.3. The van der Waals surface area contributed by atoms with Crippen LogP contribution in [-0.4, -0.2) is 32.8 Å². The van der Waals surface area contributed by atoms with Gasteiger partial charge in [-0.2, -0.15) is 14.9 Å². The molecule has 3 aromatic heterocycles. The van der Waals surface area contributed by atoms with E-state index in [9.17, 15) is 21.6 Å². The highest BCUT2D eigenvalue weighted by atomic mass is 32.2. The van der Waals surface area contributed by atoms with E-state index in [-0.39, 0.29) is 11.3 Å². The number of hydrogen-bond acceptors (Lipinski definition) is 5. The minimum Gasteiger partial charge on any atom is -0.274 e. The zero-order chi connectivity index (χ0) is 16.0. The maximum atomic E-state index is 12.4. The molecular formula is C10H7F3N6O2S. The third-order valence-electron chi connectivity index (χ3n) is 2.65. The molecule has 0 aliphatic rings. The Bertz CT molecular complexity index is 929. The highest BCUT2D eigenvalue weighted by molar-refractivity contribution is 7.92. The zero-order valence-electron chi connectivity index (χ0n) is 10.6. The summed E-state index contributed by atoms with van der Waals surface area (Å²) in [5.74, 6) is 0. The normalized spacial score (nSPS) is 12.7. The molecule has 0 aliphatic heterocycles. The van der Waals surface area contributed by atoms with Crippen LogP contribution in [0.4, 0.5) is 18.9 Å². The number of fused-ring (bicyclic) bond motifs is 1. The van der Waals surface area contributed by atoms with Crippen molar-refractivity contribution in [2.24, 2.45) is 0 Å². The van der Waals surface area contributed by atoms with Crippen LogP contribution >= 0.6 is 0 Å². The van der Waals surface area contributed by atoms with Crippen LogP contribution in [0.2, 0.25) is 0 Å². The van der Waals surface area contributed by atoms with Gasteiger partial charge < -0.3 is 0 Å². The molecule has 22 heavy (non-hydrogen) atoms. The first-order chi connectivity index (χ1) is 10.3. The molecule has 0 radical (unpaired) electrons. The number of nitrogens with zero attached hydrogens (tertiary/aromatic N) is 5. The number of anilines is 1. The fourth-order valence-corrected chi connectivity index (χ4v) is 2.66. The lowest BCUT2D eigenvalue weighted by molar-refractivity contribution is -0.212. The number of alkyl halides is 3. The smallest absolute Gasteiger partial charge is 0.274 e. The standard InChI is InChI=1S/C10H7F3N6O2S/c11-10(12,13)19-6-7(4-16-19)22(20,21)17-8-5-15-18-3-1-2-14-9(8)18/h1-6,17H. The number of rotatable bonds is 3. The van der Waals surface area contributed by atoms with Crippen LogP contribution in [0.3, 0.4) is 0 Å². The maximum Gasteiger partial charge on any atom is 0.504 e. The average Bonchev–Trinajstić information content (AvgIpc) is 3.06. The van der Waals surface area contributed by atoms with Gasteiger partial charge in [-0.05, 0) is 6.07 Å². The van der Waals surface area contributed by atoms with Gasteiger partial charge in [0.1, 0.15) is 10.6 Å². The number of nitrogens with one attached hydrogen (secondary N) is 1. The van der Waals surface area contributed by atoms with Crippen LogP contribution < -0.4 is 4.72 Å². The van der Waals surface area contributed by atoms with Gasteiger partial charge >= 0.3 is 6.30 Å². The molecule has 0 bridgehead atoms. The third kappa shape index (κ3) is 2.47. The van der Waals surface area contributed by atoms with Crippen LogP contribution in [0.1, 0.15) is 0 Å². The van der Waals surface area contributed by atoms with E-state index in [0.29, 0.717) is 12.4 Å². The van der Waals surface area contributed by atoms with Crippen LogP contribution in [0.5, 0.6) is 0 Å². The molecule has 3 rings (SSSR count). The number of sulfonamides is 1. The minimum absolute atomic E-state index is 0.0420. The zero-order valence-corrected chi connectivity index (χ0v) is 11.4. The molecular weight excluding hydrogens is 325 g/mol. The van der Waals surface area contributed by atoms with Gasteiger partial charge in [0.05, 0.1) is 18.6 Å². The van der Waals surface area contributed by atoms with E-state index in [4.69, 9.17) is 0 Å². The van der Waals surface area contributed by atoms with Crippen molar-refractivity contribution in [3.05, 3.63) is 37.1 Å². The van der Waals surface area contributed by atoms with Crippen molar-refractivity contribution >= 4 is 21.4 Å². The summed E-state index contributed by atoms with van der Waals surface area (Å²) in [6.45, 7) is 0. The third-order valence-corrected chi connectivity index (χ3v) is 3.97. The number of aromatic nitrogens is 5. The van der Waals surface area contributed by atoms with E-state index < -0.39 is 25.9 Å². The van der Waals surface area contributed by atoms with Crippen LogP contribution in [-0.2, 0) is 16.3 Å². The Labute approximate surface area is 121 Å². The maximum absolute atomic E-state index is 12.4. The lowest BCUT2D eigenvalue weighted by Gasteiger charge is -2.05. The lowest BCUT2D eigenvalue weighted by Crippen LogP contribution is -2.17. The van der Waals surface area contributed by atoms with Gasteiger partial charge in [-0.1, -0.05) is 0 Å². The van der Waals surface area contributed by atoms with Crippen molar-refractivity contribution in [1.29, 1.82) is 0 Å². The molecule has 0 saturated carbocycles. The summed E-state index contributed by atoms with van der Waals surface area (Å²) in [5.41, 5.74) is 0.259. The van der Waals surface area contributed by atoms with E-state index >= 15 is 0 Å². The minimum atomic E-state index is -4.79. The first-order valence-electron chi connectivity index (χ1n) is 5.70. The molecule has 3 heterocycles.